The van der Waals surface area contributed by atoms with Crippen molar-refractivity contribution in [3.63, 3.8) is 0 Å². The summed E-state index contributed by atoms with van der Waals surface area (Å²) in [5.74, 6) is 0.492. The van der Waals surface area contributed by atoms with E-state index in [0.717, 1.165) is 0 Å². The number of halogens is 4. The monoisotopic (exact) mass is 334 g/mol. The summed E-state index contributed by atoms with van der Waals surface area (Å²) in [5.41, 5.74) is 0.314. The maximum atomic E-state index is 11.0. The van der Waals surface area contributed by atoms with E-state index in [1.807, 2.05) is 0 Å². The van der Waals surface area contributed by atoms with Crippen molar-refractivity contribution in [2.45, 2.75) is 0 Å². The second kappa shape index (κ2) is 6.02. The fraction of sp³-hybridized carbons (Fsp3) is 0. The Morgan fingerprint density at radius 2 is 1.58 bits per heavy atom. The van der Waals surface area contributed by atoms with Crippen LogP contribution in [0.2, 0.25) is 20.1 Å². The van der Waals surface area contributed by atoms with E-state index in [4.69, 9.17) is 51.1 Å². The Hall–Kier alpha value is -0.930. The van der Waals surface area contributed by atoms with E-state index in [9.17, 15) is 4.79 Å². The number of ether oxygens (including phenoxy) is 1. The molecule has 2 rings (SSSR count). The Morgan fingerprint density at radius 3 is 2.26 bits per heavy atom. The molecule has 6 heteroatoms. The first-order chi connectivity index (χ1) is 9.02. The summed E-state index contributed by atoms with van der Waals surface area (Å²) in [6.07, 6.45) is 0.645. The molecule has 19 heavy (non-hydrogen) atoms. The predicted molar refractivity (Wildman–Crippen MR) is 78.4 cm³/mol. The number of benzene rings is 2. The molecule has 0 heterocycles. The number of rotatable bonds is 3. The minimum absolute atomic E-state index is 0.222. The van der Waals surface area contributed by atoms with Crippen molar-refractivity contribution in [2.24, 2.45) is 0 Å². The van der Waals surface area contributed by atoms with Crippen LogP contribution in [0.3, 0.4) is 0 Å². The van der Waals surface area contributed by atoms with Crippen LogP contribution in [0.15, 0.2) is 30.3 Å². The van der Waals surface area contributed by atoms with Crippen molar-refractivity contribution >= 4 is 52.7 Å². The minimum Gasteiger partial charge on any atom is -0.453 e. The van der Waals surface area contributed by atoms with Gasteiger partial charge in [0, 0.05) is 6.07 Å². The van der Waals surface area contributed by atoms with E-state index in [2.05, 4.69) is 0 Å². The van der Waals surface area contributed by atoms with E-state index >= 15 is 0 Å². The van der Waals surface area contributed by atoms with Crippen molar-refractivity contribution < 1.29 is 9.53 Å². The molecule has 0 radical (unpaired) electrons. The molecule has 0 aliphatic rings. The standard InChI is InChI=1S/C13H6Cl4O2/c14-8-3-1-2-7(6-18)13(8)19-12-5-10(16)9(15)4-11(12)17/h1-6H. The van der Waals surface area contributed by atoms with E-state index in [1.165, 1.54) is 12.1 Å². The SMILES string of the molecule is O=Cc1cccc(Cl)c1Oc1cc(Cl)c(Cl)cc1Cl. The number of carbonyl (C=O) groups excluding carboxylic acids is 1. The average Bonchev–Trinajstić information content (AvgIpc) is 2.38. The smallest absolute Gasteiger partial charge is 0.156 e. The zero-order chi connectivity index (χ0) is 14.0. The Balaban J connectivity index is 2.47. The van der Waals surface area contributed by atoms with E-state index in [0.29, 0.717) is 26.9 Å². The van der Waals surface area contributed by atoms with Crippen LogP contribution in [0, 0.1) is 0 Å². The van der Waals surface area contributed by atoms with Crippen LogP contribution in [0.5, 0.6) is 11.5 Å². The van der Waals surface area contributed by atoms with Crippen LogP contribution in [0.1, 0.15) is 10.4 Å². The van der Waals surface area contributed by atoms with Crippen molar-refractivity contribution in [1.29, 1.82) is 0 Å². The van der Waals surface area contributed by atoms with Crippen LogP contribution >= 0.6 is 46.4 Å². The summed E-state index contributed by atoms with van der Waals surface area (Å²) in [6, 6.07) is 7.76. The van der Waals surface area contributed by atoms with Gasteiger partial charge < -0.3 is 4.74 Å². The third-order valence-electron chi connectivity index (χ3n) is 2.31. The number of para-hydroxylation sites is 1. The Kier molecular flexibility index (Phi) is 4.58. The molecule has 0 saturated carbocycles. The summed E-state index contributed by atoms with van der Waals surface area (Å²) >= 11 is 23.7. The molecule has 2 aromatic carbocycles. The maximum absolute atomic E-state index is 11.0. The van der Waals surface area contributed by atoms with Crippen molar-refractivity contribution in [2.75, 3.05) is 0 Å². The fourth-order valence-electron chi connectivity index (χ4n) is 1.42. The quantitative estimate of drug-likeness (QED) is 0.515. The first kappa shape index (κ1) is 14.5. The number of carbonyl (C=O) groups is 1. The van der Waals surface area contributed by atoms with Gasteiger partial charge >= 0.3 is 0 Å². The van der Waals surface area contributed by atoms with Gasteiger partial charge in [0.2, 0.25) is 0 Å². The van der Waals surface area contributed by atoms with Crippen LogP contribution in [0.4, 0.5) is 0 Å². The normalized spacial score (nSPS) is 10.3. The highest BCUT2D eigenvalue weighted by atomic mass is 35.5. The highest BCUT2D eigenvalue weighted by Crippen LogP contribution is 2.39. The van der Waals surface area contributed by atoms with Crippen LogP contribution < -0.4 is 4.74 Å². The summed E-state index contributed by atoms with van der Waals surface area (Å²) in [4.78, 5) is 11.0. The Morgan fingerprint density at radius 1 is 0.895 bits per heavy atom. The molecule has 0 fully saturated rings. The van der Waals surface area contributed by atoms with E-state index in [1.54, 1.807) is 18.2 Å². The largest absolute Gasteiger partial charge is 0.453 e. The van der Waals surface area contributed by atoms with Gasteiger partial charge in [0.15, 0.2) is 12.0 Å². The Labute approximate surface area is 129 Å². The summed E-state index contributed by atoms with van der Waals surface area (Å²) < 4.78 is 5.56. The van der Waals surface area contributed by atoms with Gasteiger partial charge in [0.05, 0.1) is 25.7 Å². The third-order valence-corrected chi connectivity index (χ3v) is 3.63. The molecule has 0 aromatic heterocycles. The fourth-order valence-corrected chi connectivity index (χ4v) is 2.21. The summed E-state index contributed by atoms with van der Waals surface area (Å²) in [5, 5.41) is 1.17. The first-order valence-corrected chi connectivity index (χ1v) is 6.60. The highest BCUT2D eigenvalue weighted by molar-refractivity contribution is 6.43. The third kappa shape index (κ3) is 3.15. The van der Waals surface area contributed by atoms with Gasteiger partial charge in [-0.25, -0.2) is 0 Å². The lowest BCUT2D eigenvalue weighted by Gasteiger charge is -2.11. The van der Waals surface area contributed by atoms with Gasteiger partial charge in [-0.1, -0.05) is 52.5 Å². The molecule has 2 nitrogen and oxygen atoms in total. The van der Waals surface area contributed by atoms with Crippen LogP contribution in [-0.2, 0) is 0 Å². The lowest BCUT2D eigenvalue weighted by Crippen LogP contribution is -1.92. The van der Waals surface area contributed by atoms with Crippen LogP contribution in [0.25, 0.3) is 0 Å². The predicted octanol–water partition coefficient (Wildman–Crippen LogP) is 5.91. The average molecular weight is 336 g/mol. The molecule has 98 valence electrons. The highest BCUT2D eigenvalue weighted by Gasteiger charge is 2.13. The van der Waals surface area contributed by atoms with Gasteiger partial charge in [0.25, 0.3) is 0 Å². The lowest BCUT2D eigenvalue weighted by molar-refractivity contribution is 0.112. The second-order valence-electron chi connectivity index (χ2n) is 3.57. The number of aldehydes is 1. The molecule has 2 aromatic rings. The molecular weight excluding hydrogens is 330 g/mol. The van der Waals surface area contributed by atoms with Crippen molar-refractivity contribution in [3.05, 3.63) is 56.0 Å². The molecule has 0 N–H and O–H groups in total. The number of hydrogen-bond donors (Lipinski definition) is 0. The number of hydrogen-bond acceptors (Lipinski definition) is 2. The zero-order valence-corrected chi connectivity index (χ0v) is 12.3. The Bertz CT molecular complexity index is 641. The molecule has 0 saturated heterocycles. The molecular formula is C13H6Cl4O2. The zero-order valence-electron chi connectivity index (χ0n) is 9.29. The molecule has 0 amide bonds. The molecule has 0 spiro atoms. The van der Waals surface area contributed by atoms with Gasteiger partial charge in [-0.05, 0) is 18.2 Å². The van der Waals surface area contributed by atoms with Gasteiger partial charge in [0.1, 0.15) is 5.75 Å². The van der Waals surface area contributed by atoms with Gasteiger partial charge in [-0.2, -0.15) is 0 Å². The molecule has 0 aliphatic heterocycles. The van der Waals surface area contributed by atoms with Crippen molar-refractivity contribution in [3.8, 4) is 11.5 Å². The van der Waals surface area contributed by atoms with Crippen LogP contribution in [-0.4, -0.2) is 6.29 Å². The van der Waals surface area contributed by atoms with E-state index < -0.39 is 0 Å². The first-order valence-electron chi connectivity index (χ1n) is 5.09. The minimum atomic E-state index is 0.222. The molecule has 0 atom stereocenters. The second-order valence-corrected chi connectivity index (χ2v) is 5.20. The molecule has 0 bridgehead atoms. The maximum Gasteiger partial charge on any atom is 0.156 e. The summed E-state index contributed by atoms with van der Waals surface area (Å²) in [6.45, 7) is 0. The van der Waals surface area contributed by atoms with E-state index in [-0.39, 0.29) is 16.5 Å². The topological polar surface area (TPSA) is 26.3 Å². The lowest BCUT2D eigenvalue weighted by atomic mass is 10.2. The van der Waals surface area contributed by atoms with Crippen molar-refractivity contribution in [1.82, 2.24) is 0 Å². The molecule has 0 aliphatic carbocycles. The van der Waals surface area contributed by atoms with Gasteiger partial charge in [-0.15, -0.1) is 0 Å². The summed E-state index contributed by atoms with van der Waals surface area (Å²) in [7, 11) is 0. The van der Waals surface area contributed by atoms with Gasteiger partial charge in [-0.3, -0.25) is 4.79 Å². The molecule has 0 unspecified atom stereocenters.